The normalized spacial score (nSPS) is 21.1. The minimum Gasteiger partial charge on any atom is -0.330 e. The first-order valence-corrected chi connectivity index (χ1v) is 7.33. The summed E-state index contributed by atoms with van der Waals surface area (Å²) in [5, 5.41) is 0. The Morgan fingerprint density at radius 2 is 1.81 bits per heavy atom. The van der Waals surface area contributed by atoms with E-state index < -0.39 is 5.82 Å². The van der Waals surface area contributed by atoms with Crippen LogP contribution in [0.3, 0.4) is 0 Å². The van der Waals surface area contributed by atoms with Gasteiger partial charge in [-0.25, -0.2) is 8.78 Å². The van der Waals surface area contributed by atoms with Gasteiger partial charge in [0.25, 0.3) is 0 Å². The van der Waals surface area contributed by atoms with E-state index in [-0.39, 0.29) is 11.2 Å². The predicted octanol–water partition coefficient (Wildman–Crippen LogP) is 3.64. The molecular weight excluding hydrogens is 268 g/mol. The average molecular weight is 287 g/mol. The zero-order valence-corrected chi connectivity index (χ0v) is 11.9. The SMILES string of the molecule is NCC1(Cc2cc(F)ccc2F)CCc2ccccc2C1. The van der Waals surface area contributed by atoms with Gasteiger partial charge in [0.15, 0.2) is 0 Å². The van der Waals surface area contributed by atoms with Gasteiger partial charge in [-0.2, -0.15) is 0 Å². The summed E-state index contributed by atoms with van der Waals surface area (Å²) in [6.45, 7) is 0.483. The van der Waals surface area contributed by atoms with E-state index in [9.17, 15) is 8.78 Å². The Bertz CT molecular complexity index is 653. The molecule has 1 nitrogen and oxygen atoms in total. The highest BCUT2D eigenvalue weighted by molar-refractivity contribution is 5.32. The molecule has 1 unspecified atom stereocenters. The largest absolute Gasteiger partial charge is 0.330 e. The van der Waals surface area contributed by atoms with Crippen LogP contribution in [-0.4, -0.2) is 6.54 Å². The van der Waals surface area contributed by atoms with E-state index in [1.165, 1.54) is 23.3 Å². The number of halogens is 2. The Morgan fingerprint density at radius 3 is 2.57 bits per heavy atom. The van der Waals surface area contributed by atoms with Gasteiger partial charge in [0, 0.05) is 0 Å². The summed E-state index contributed by atoms with van der Waals surface area (Å²) in [5.41, 5.74) is 8.90. The van der Waals surface area contributed by atoms with Crippen LogP contribution in [0, 0.1) is 17.0 Å². The monoisotopic (exact) mass is 287 g/mol. The van der Waals surface area contributed by atoms with Crippen LogP contribution in [0.1, 0.15) is 23.1 Å². The van der Waals surface area contributed by atoms with E-state index in [1.807, 2.05) is 12.1 Å². The van der Waals surface area contributed by atoms with Gasteiger partial charge in [0.1, 0.15) is 11.6 Å². The van der Waals surface area contributed by atoms with Crippen LogP contribution in [-0.2, 0) is 19.3 Å². The summed E-state index contributed by atoms with van der Waals surface area (Å²) < 4.78 is 27.3. The van der Waals surface area contributed by atoms with Gasteiger partial charge in [0.05, 0.1) is 0 Å². The van der Waals surface area contributed by atoms with Crippen molar-refractivity contribution in [3.8, 4) is 0 Å². The third-order valence-corrected chi connectivity index (χ3v) is 4.61. The lowest BCUT2D eigenvalue weighted by molar-refractivity contribution is 0.250. The van der Waals surface area contributed by atoms with Crippen LogP contribution in [0.5, 0.6) is 0 Å². The number of hydrogen-bond acceptors (Lipinski definition) is 1. The van der Waals surface area contributed by atoms with Crippen LogP contribution < -0.4 is 5.73 Å². The van der Waals surface area contributed by atoms with Gasteiger partial charge < -0.3 is 5.73 Å². The third kappa shape index (κ3) is 2.84. The molecule has 2 aromatic carbocycles. The van der Waals surface area contributed by atoms with E-state index in [0.29, 0.717) is 18.5 Å². The second kappa shape index (κ2) is 5.57. The lowest BCUT2D eigenvalue weighted by Crippen LogP contribution is -2.38. The Labute approximate surface area is 123 Å². The Morgan fingerprint density at radius 1 is 1.05 bits per heavy atom. The van der Waals surface area contributed by atoms with E-state index >= 15 is 0 Å². The molecule has 0 bridgehead atoms. The number of nitrogens with two attached hydrogens (primary N) is 1. The summed E-state index contributed by atoms with van der Waals surface area (Å²) in [5.74, 6) is -0.738. The van der Waals surface area contributed by atoms with Gasteiger partial charge in [-0.3, -0.25) is 0 Å². The standard InChI is InChI=1S/C18H19F2N/c19-16-5-6-17(20)15(9-16)11-18(12-21)8-7-13-3-1-2-4-14(13)10-18/h1-6,9H,7-8,10-12,21H2. The van der Waals surface area contributed by atoms with Crippen LogP contribution in [0.4, 0.5) is 8.78 Å². The molecule has 2 N–H and O–H groups in total. The van der Waals surface area contributed by atoms with Gasteiger partial charge in [0.2, 0.25) is 0 Å². The second-order valence-corrected chi connectivity index (χ2v) is 6.06. The predicted molar refractivity (Wildman–Crippen MR) is 80.0 cm³/mol. The zero-order valence-electron chi connectivity index (χ0n) is 11.9. The molecule has 3 heteroatoms. The quantitative estimate of drug-likeness (QED) is 0.916. The van der Waals surface area contributed by atoms with Gasteiger partial charge in [-0.05, 0) is 72.5 Å². The number of fused-ring (bicyclic) bond motifs is 1. The molecule has 0 aliphatic heterocycles. The molecular formula is C18H19F2N. The summed E-state index contributed by atoms with van der Waals surface area (Å²) in [6, 6.07) is 12.0. The number of benzene rings is 2. The van der Waals surface area contributed by atoms with Crippen molar-refractivity contribution < 1.29 is 8.78 Å². The van der Waals surface area contributed by atoms with E-state index in [2.05, 4.69) is 12.1 Å². The molecule has 21 heavy (non-hydrogen) atoms. The molecule has 2 aromatic rings. The van der Waals surface area contributed by atoms with Gasteiger partial charge >= 0.3 is 0 Å². The molecule has 0 spiro atoms. The maximum absolute atomic E-state index is 13.9. The highest BCUT2D eigenvalue weighted by Crippen LogP contribution is 2.38. The molecule has 0 radical (unpaired) electrons. The molecule has 0 aromatic heterocycles. The molecule has 0 saturated carbocycles. The van der Waals surface area contributed by atoms with Crippen molar-refractivity contribution in [2.24, 2.45) is 11.1 Å². The van der Waals surface area contributed by atoms with Crippen LogP contribution in [0.25, 0.3) is 0 Å². The Kier molecular flexibility index (Phi) is 3.77. The summed E-state index contributed by atoms with van der Waals surface area (Å²) in [4.78, 5) is 0. The minimum absolute atomic E-state index is 0.178. The van der Waals surface area contributed by atoms with Crippen molar-refractivity contribution in [3.05, 3.63) is 70.8 Å². The first kappa shape index (κ1) is 14.2. The number of hydrogen-bond donors (Lipinski definition) is 1. The van der Waals surface area contributed by atoms with E-state index in [0.717, 1.165) is 25.3 Å². The molecule has 3 rings (SSSR count). The van der Waals surface area contributed by atoms with Crippen molar-refractivity contribution in [3.63, 3.8) is 0 Å². The number of rotatable bonds is 3. The molecule has 0 saturated heterocycles. The Balaban J connectivity index is 1.90. The molecule has 110 valence electrons. The fourth-order valence-electron chi connectivity index (χ4n) is 3.35. The Hall–Kier alpha value is -1.74. The smallest absolute Gasteiger partial charge is 0.126 e. The van der Waals surface area contributed by atoms with E-state index in [4.69, 9.17) is 5.73 Å². The van der Waals surface area contributed by atoms with Crippen molar-refractivity contribution in [1.82, 2.24) is 0 Å². The molecule has 0 amide bonds. The zero-order chi connectivity index (χ0) is 14.9. The highest BCUT2D eigenvalue weighted by atomic mass is 19.1. The van der Waals surface area contributed by atoms with Crippen LogP contribution >= 0.6 is 0 Å². The van der Waals surface area contributed by atoms with Gasteiger partial charge in [-0.15, -0.1) is 0 Å². The average Bonchev–Trinajstić information content (AvgIpc) is 2.51. The number of aryl methyl sites for hydroxylation is 1. The minimum atomic E-state index is -0.394. The molecule has 0 fully saturated rings. The van der Waals surface area contributed by atoms with E-state index in [1.54, 1.807) is 0 Å². The molecule has 1 aliphatic rings. The molecule has 1 aliphatic carbocycles. The van der Waals surface area contributed by atoms with Crippen molar-refractivity contribution in [2.45, 2.75) is 25.7 Å². The second-order valence-electron chi connectivity index (χ2n) is 6.06. The van der Waals surface area contributed by atoms with Crippen LogP contribution in [0.15, 0.2) is 42.5 Å². The lowest BCUT2D eigenvalue weighted by Gasteiger charge is -2.37. The highest BCUT2D eigenvalue weighted by Gasteiger charge is 2.34. The maximum atomic E-state index is 13.9. The third-order valence-electron chi connectivity index (χ3n) is 4.61. The van der Waals surface area contributed by atoms with Crippen molar-refractivity contribution in [1.29, 1.82) is 0 Å². The molecule has 1 atom stereocenters. The van der Waals surface area contributed by atoms with Crippen molar-refractivity contribution in [2.75, 3.05) is 6.54 Å². The summed E-state index contributed by atoms with van der Waals surface area (Å²) in [7, 11) is 0. The summed E-state index contributed by atoms with van der Waals surface area (Å²) in [6.07, 6.45) is 3.18. The fraction of sp³-hybridized carbons (Fsp3) is 0.333. The lowest BCUT2D eigenvalue weighted by atomic mass is 9.68. The maximum Gasteiger partial charge on any atom is 0.126 e. The topological polar surface area (TPSA) is 26.0 Å². The van der Waals surface area contributed by atoms with Gasteiger partial charge in [-0.1, -0.05) is 24.3 Å². The first-order chi connectivity index (χ1) is 10.1. The summed E-state index contributed by atoms with van der Waals surface area (Å²) >= 11 is 0. The first-order valence-electron chi connectivity index (χ1n) is 7.33. The molecule has 0 heterocycles. The fourth-order valence-corrected chi connectivity index (χ4v) is 3.35. The van der Waals surface area contributed by atoms with Crippen molar-refractivity contribution >= 4 is 0 Å². The van der Waals surface area contributed by atoms with Crippen LogP contribution in [0.2, 0.25) is 0 Å².